The number of nitrogens with one attached hydrogen (secondary N) is 1. The third-order valence-corrected chi connectivity index (χ3v) is 1.00. The number of carbonyl (C=O) groups excluding carboxylic acids is 1. The summed E-state index contributed by atoms with van der Waals surface area (Å²) in [4.78, 5) is 26.0. The average molecular weight is 142 g/mol. The molecule has 0 fully saturated rings. The van der Waals surface area contributed by atoms with Gasteiger partial charge in [0.05, 0.1) is 5.56 Å². The Hall–Kier alpha value is -1.65. The number of hydrogen-bond donors (Lipinski definition) is 2. The number of anilines is 1. The van der Waals surface area contributed by atoms with Crippen molar-refractivity contribution in [3.05, 3.63) is 22.2 Å². The lowest BCUT2D eigenvalue weighted by Gasteiger charge is -1.92. The topological polar surface area (TPSA) is 88.8 Å². The van der Waals surface area contributed by atoms with Crippen LogP contribution in [0.3, 0.4) is 0 Å². The molecular weight excluding hydrogens is 137 g/mol. The Labute approximate surface area is 55.9 Å². The molecule has 1 aromatic rings. The first-order valence-electron chi connectivity index (χ1n) is 2.54. The molecule has 0 aliphatic rings. The van der Waals surface area contributed by atoms with Crippen LogP contribution in [0, 0.1) is 0 Å². The highest BCUT2D eigenvalue weighted by Crippen LogP contribution is 1.96. The molecule has 0 bridgehead atoms. The molecule has 1 heterocycles. The number of carbonyl (C=O) groups is 1. The van der Waals surface area contributed by atoms with Gasteiger partial charge >= 0.3 is 5.69 Å². The van der Waals surface area contributed by atoms with Gasteiger partial charge in [0.1, 0.15) is 5.82 Å². The smallest absolute Gasteiger partial charge is 0.346 e. The highest BCUT2D eigenvalue weighted by molar-refractivity contribution is 5.80. The maximum atomic E-state index is 10.4. The second-order valence-electron chi connectivity index (χ2n) is 1.68. The van der Waals surface area contributed by atoms with E-state index in [2.05, 4.69) is 9.97 Å². The van der Waals surface area contributed by atoms with Crippen molar-refractivity contribution in [1.29, 1.82) is 0 Å². The van der Waals surface area contributed by atoms with Crippen molar-refractivity contribution in [2.24, 2.45) is 0 Å². The third-order valence-electron chi connectivity index (χ3n) is 1.00. The number of nitrogens with zero attached hydrogens (tertiary/aromatic N) is 1. The van der Waals surface area contributed by atoms with Crippen LogP contribution in [0.4, 0.5) is 5.82 Å². The van der Waals surface area contributed by atoms with Crippen LogP contribution in [0.1, 0.15) is 10.4 Å². The predicted octanol–water partition coefficient (Wildman–Crippen LogP) is -0.835. The first-order valence-corrected chi connectivity index (χ1v) is 2.54. The maximum absolute atomic E-state index is 10.4. The Balaban J connectivity index is 3.32. The summed E-state index contributed by atoms with van der Waals surface area (Å²) in [6, 6.07) is 0. The van der Waals surface area contributed by atoms with Gasteiger partial charge in [-0.3, -0.25) is 9.78 Å². The van der Waals surface area contributed by atoms with E-state index >= 15 is 0 Å². The molecule has 52 valence electrons. The van der Waals surface area contributed by atoms with Gasteiger partial charge in [-0.05, 0) is 0 Å². The molecule has 0 aromatic carbocycles. The van der Waals surface area contributed by atoms with Crippen molar-refractivity contribution in [3.8, 4) is 0 Å². The van der Waals surface area contributed by atoms with Gasteiger partial charge in [0.2, 0.25) is 0 Å². The highest BCUT2D eigenvalue weighted by Gasteiger charge is 1.96. The normalized spacial score (nSPS) is 9.20. The molecule has 3 N–H and O–H groups in total. The average Bonchev–Trinajstić information content (AvgIpc) is 1.88. The van der Waals surface area contributed by atoms with E-state index in [1.165, 1.54) is 0 Å². The fourth-order valence-corrected chi connectivity index (χ4v) is 0.511. The highest BCUT2D eigenvalue weighted by atomic mass is 16.3. The Morgan fingerprint density at radius 2 is 2.40 bits per heavy atom. The van der Waals surface area contributed by atoms with Crippen LogP contribution >= 0.6 is 0 Å². The number of nitrogen functional groups attached to an aromatic ring is 1. The van der Waals surface area contributed by atoms with Crippen molar-refractivity contribution < 1.29 is 4.79 Å². The van der Waals surface area contributed by atoms with Gasteiger partial charge in [0.15, 0.2) is 6.29 Å². The van der Waals surface area contributed by atoms with Crippen molar-refractivity contribution in [3.63, 3.8) is 0 Å². The number of nitrogens with two attached hydrogens (primary N) is 1. The monoisotopic (exact) mass is 142 g/mol. The van der Waals surface area contributed by atoms with Crippen LogP contribution in [0.2, 0.25) is 0 Å². The SMILES string of the molecule is Nc1[15nH][13c](=O)[15n]cc1C=O. The summed E-state index contributed by atoms with van der Waals surface area (Å²) in [5, 5.41) is 0. The molecule has 0 saturated heterocycles. The van der Waals surface area contributed by atoms with Gasteiger partial charge in [-0.15, -0.1) is 0 Å². The number of H-pyrrole nitrogens is 1. The van der Waals surface area contributed by atoms with Crippen LogP contribution in [-0.2, 0) is 0 Å². The number of rotatable bonds is 1. The molecule has 1 aromatic heterocycles. The summed E-state index contributed by atoms with van der Waals surface area (Å²) in [6.45, 7) is 0. The fraction of sp³-hybridized carbons (Fsp3) is 0. The van der Waals surface area contributed by atoms with Gasteiger partial charge in [0, 0.05) is 6.20 Å². The lowest BCUT2D eigenvalue weighted by atomic mass is 10.4. The van der Waals surface area contributed by atoms with Gasteiger partial charge in [-0.2, -0.15) is 0 Å². The Morgan fingerprint density at radius 3 is 2.90 bits per heavy atom. The second kappa shape index (κ2) is 2.30. The van der Waals surface area contributed by atoms with Crippen molar-refractivity contribution in [1.82, 2.24) is 9.97 Å². The number of aldehydes is 1. The van der Waals surface area contributed by atoms with E-state index in [9.17, 15) is 9.59 Å². The maximum Gasteiger partial charge on any atom is 0.346 e. The van der Waals surface area contributed by atoms with E-state index < -0.39 is 5.69 Å². The summed E-state index contributed by atoms with van der Waals surface area (Å²) in [5.41, 5.74) is 4.85. The molecular formula is C5H5N3O2. The van der Waals surface area contributed by atoms with Crippen LogP contribution in [0.5, 0.6) is 0 Å². The van der Waals surface area contributed by atoms with Crippen LogP contribution in [-0.4, -0.2) is 16.3 Å². The van der Waals surface area contributed by atoms with E-state index in [1.54, 1.807) is 0 Å². The zero-order valence-corrected chi connectivity index (χ0v) is 5.00. The predicted molar refractivity (Wildman–Crippen MR) is 34.7 cm³/mol. The first-order chi connectivity index (χ1) is 4.74. The van der Waals surface area contributed by atoms with Crippen molar-refractivity contribution in [2.75, 3.05) is 5.73 Å². The second-order valence-corrected chi connectivity index (χ2v) is 1.68. The Kier molecular flexibility index (Phi) is 1.49. The minimum atomic E-state index is -0.553. The molecule has 0 atom stereocenters. The lowest BCUT2D eigenvalue weighted by molar-refractivity contribution is 0.112. The van der Waals surface area contributed by atoms with E-state index in [0.29, 0.717) is 6.29 Å². The minimum Gasteiger partial charge on any atom is -0.385 e. The molecule has 0 spiro atoms. The molecule has 0 aliphatic heterocycles. The zero-order valence-electron chi connectivity index (χ0n) is 5.00. The molecule has 10 heavy (non-hydrogen) atoms. The fourth-order valence-electron chi connectivity index (χ4n) is 0.511. The molecule has 1 rings (SSSR count). The Morgan fingerprint density at radius 1 is 1.70 bits per heavy atom. The standard InChI is InChI=1S/C5H5N3O2/c6-4-3(2-9)1-7-5(10)8-4/h1-2H,(H3,6,7,8,10)/i5+1,7+1,8+1. The number of aromatic amines is 1. The molecule has 0 amide bonds. The van der Waals surface area contributed by atoms with Crippen molar-refractivity contribution in [2.45, 2.75) is 0 Å². The van der Waals surface area contributed by atoms with Crippen molar-refractivity contribution >= 4 is 12.1 Å². The third kappa shape index (κ3) is 1.02. The molecule has 0 unspecified atom stereocenters. The minimum absolute atomic E-state index is 0.0509. The molecule has 5 heteroatoms. The van der Waals surface area contributed by atoms with Crippen LogP contribution in [0.15, 0.2) is 11.0 Å². The van der Waals surface area contributed by atoms with Crippen LogP contribution in [0.25, 0.3) is 0 Å². The lowest BCUT2D eigenvalue weighted by Crippen LogP contribution is -2.13. The quantitative estimate of drug-likeness (QED) is 0.500. The number of hydrogen-bond acceptors (Lipinski definition) is 4. The van der Waals surface area contributed by atoms with E-state index in [-0.39, 0.29) is 11.4 Å². The van der Waals surface area contributed by atoms with E-state index in [4.69, 9.17) is 5.73 Å². The van der Waals surface area contributed by atoms with Crippen LogP contribution < -0.4 is 11.4 Å². The zero-order chi connectivity index (χ0) is 7.56. The molecule has 0 radical (unpaired) electrons. The largest absolute Gasteiger partial charge is 0.385 e. The van der Waals surface area contributed by atoms with E-state index in [1.807, 2.05) is 0 Å². The summed E-state index contributed by atoms with van der Waals surface area (Å²) in [5.74, 6) is 0.0509. The van der Waals surface area contributed by atoms with Gasteiger partial charge in [-0.25, -0.2) is 9.78 Å². The first kappa shape index (κ1) is 6.47. The van der Waals surface area contributed by atoms with Gasteiger partial charge < -0.3 is 5.73 Å². The molecule has 0 aliphatic carbocycles. The molecule has 0 saturated carbocycles. The van der Waals surface area contributed by atoms with Gasteiger partial charge in [-0.1, -0.05) is 0 Å². The summed E-state index contributed by atoms with van der Waals surface area (Å²) >= 11 is 0. The van der Waals surface area contributed by atoms with E-state index in [0.717, 1.165) is 6.20 Å². The van der Waals surface area contributed by atoms with Gasteiger partial charge in [0.25, 0.3) is 0 Å². The number of aromatic nitrogens is 2. The summed E-state index contributed by atoms with van der Waals surface area (Å²) < 4.78 is 0. The summed E-state index contributed by atoms with van der Waals surface area (Å²) in [7, 11) is 0. The summed E-state index contributed by atoms with van der Waals surface area (Å²) in [6.07, 6.45) is 1.65. The Bertz CT molecular complexity index is 304. The molecule has 5 nitrogen and oxygen atoms in total.